The SMILES string of the molecule is CNC(=O)c1nc(C#CCO)c2cc(Cc3ccc(F)cc3)cnc2c1O. The Labute approximate surface area is 154 Å². The van der Waals surface area contributed by atoms with Crippen LogP contribution in [-0.4, -0.2) is 39.7 Å². The number of amides is 1. The van der Waals surface area contributed by atoms with Gasteiger partial charge in [0.25, 0.3) is 5.91 Å². The van der Waals surface area contributed by atoms with Crippen molar-refractivity contribution in [2.45, 2.75) is 6.42 Å². The van der Waals surface area contributed by atoms with Crippen LogP contribution in [0.3, 0.4) is 0 Å². The Morgan fingerprint density at radius 3 is 2.67 bits per heavy atom. The Balaban J connectivity index is 2.13. The second kappa shape index (κ2) is 7.81. The largest absolute Gasteiger partial charge is 0.504 e. The number of carbonyl (C=O) groups excluding carboxylic acids is 1. The predicted molar refractivity (Wildman–Crippen MR) is 97.8 cm³/mol. The van der Waals surface area contributed by atoms with E-state index in [4.69, 9.17) is 5.11 Å². The normalized spacial score (nSPS) is 10.3. The first kappa shape index (κ1) is 18.3. The zero-order chi connectivity index (χ0) is 19.4. The molecule has 0 saturated carbocycles. The molecule has 2 heterocycles. The van der Waals surface area contributed by atoms with Gasteiger partial charge < -0.3 is 15.5 Å². The van der Waals surface area contributed by atoms with Crippen molar-refractivity contribution < 1.29 is 19.4 Å². The van der Waals surface area contributed by atoms with Crippen LogP contribution in [0, 0.1) is 17.7 Å². The van der Waals surface area contributed by atoms with Crippen LogP contribution in [0.5, 0.6) is 5.75 Å². The molecule has 1 aromatic carbocycles. The Kier molecular flexibility index (Phi) is 5.29. The number of aliphatic hydroxyl groups is 1. The summed E-state index contributed by atoms with van der Waals surface area (Å²) in [5.74, 6) is 3.96. The van der Waals surface area contributed by atoms with Gasteiger partial charge in [-0.2, -0.15) is 0 Å². The average molecular weight is 365 g/mol. The molecule has 3 N–H and O–H groups in total. The van der Waals surface area contributed by atoms with Gasteiger partial charge in [-0.1, -0.05) is 18.1 Å². The lowest BCUT2D eigenvalue weighted by Crippen LogP contribution is -2.20. The van der Waals surface area contributed by atoms with Gasteiger partial charge in [-0.15, -0.1) is 0 Å². The van der Waals surface area contributed by atoms with E-state index in [2.05, 4.69) is 27.1 Å². The highest BCUT2D eigenvalue weighted by Crippen LogP contribution is 2.29. The van der Waals surface area contributed by atoms with Gasteiger partial charge in [0, 0.05) is 18.6 Å². The third-order valence-corrected chi connectivity index (χ3v) is 3.92. The second-order valence-electron chi connectivity index (χ2n) is 5.74. The number of benzene rings is 1. The zero-order valence-electron chi connectivity index (χ0n) is 14.5. The molecule has 0 atom stereocenters. The number of halogens is 1. The van der Waals surface area contributed by atoms with Crippen LogP contribution in [0.15, 0.2) is 36.5 Å². The second-order valence-corrected chi connectivity index (χ2v) is 5.74. The maximum absolute atomic E-state index is 13.1. The topological polar surface area (TPSA) is 95.3 Å². The van der Waals surface area contributed by atoms with Crippen LogP contribution in [0.2, 0.25) is 0 Å². The van der Waals surface area contributed by atoms with Gasteiger partial charge in [-0.25, -0.2) is 9.37 Å². The van der Waals surface area contributed by atoms with E-state index in [0.29, 0.717) is 11.8 Å². The molecule has 0 aliphatic rings. The van der Waals surface area contributed by atoms with Gasteiger partial charge in [-0.3, -0.25) is 9.78 Å². The molecule has 3 rings (SSSR count). The average Bonchev–Trinajstić information content (AvgIpc) is 2.68. The summed E-state index contributed by atoms with van der Waals surface area (Å²) in [5.41, 5.74) is 1.92. The van der Waals surface area contributed by atoms with Gasteiger partial charge >= 0.3 is 0 Å². The van der Waals surface area contributed by atoms with Crippen molar-refractivity contribution in [2.24, 2.45) is 0 Å². The van der Waals surface area contributed by atoms with Crippen LogP contribution >= 0.6 is 0 Å². The van der Waals surface area contributed by atoms with E-state index in [-0.39, 0.29) is 35.1 Å². The van der Waals surface area contributed by atoms with Gasteiger partial charge in [0.05, 0.1) is 0 Å². The molecule has 6 nitrogen and oxygen atoms in total. The highest BCUT2D eigenvalue weighted by atomic mass is 19.1. The van der Waals surface area contributed by atoms with Gasteiger partial charge in [0.1, 0.15) is 23.6 Å². The van der Waals surface area contributed by atoms with E-state index in [9.17, 15) is 14.3 Å². The highest BCUT2D eigenvalue weighted by Gasteiger charge is 2.19. The maximum atomic E-state index is 13.1. The monoisotopic (exact) mass is 365 g/mol. The fourth-order valence-electron chi connectivity index (χ4n) is 2.64. The summed E-state index contributed by atoms with van der Waals surface area (Å²) in [6.45, 7) is -0.373. The summed E-state index contributed by atoms with van der Waals surface area (Å²) in [6.07, 6.45) is 2.07. The van der Waals surface area contributed by atoms with E-state index in [1.807, 2.05) is 0 Å². The number of aromatic hydroxyl groups is 1. The van der Waals surface area contributed by atoms with Crippen LogP contribution < -0.4 is 5.32 Å². The molecule has 27 heavy (non-hydrogen) atoms. The number of fused-ring (bicyclic) bond motifs is 1. The van der Waals surface area contributed by atoms with Gasteiger partial charge in [-0.05, 0) is 41.7 Å². The number of hydrogen-bond acceptors (Lipinski definition) is 5. The number of carbonyl (C=O) groups is 1. The molecule has 0 saturated heterocycles. The Morgan fingerprint density at radius 2 is 2.00 bits per heavy atom. The standard InChI is InChI=1S/C20H16FN3O3/c1-22-20(27)18-19(26)17-15(16(24-18)3-2-8-25)10-13(11-23-17)9-12-4-6-14(21)7-5-12/h4-7,10-11,25-26H,8-9H2,1H3,(H,22,27). The number of nitrogens with zero attached hydrogens (tertiary/aromatic N) is 2. The molecule has 0 aliphatic carbocycles. The molecule has 1 amide bonds. The molecule has 0 radical (unpaired) electrons. The summed E-state index contributed by atoms with van der Waals surface area (Å²) in [5, 5.41) is 22.2. The van der Waals surface area contributed by atoms with Crippen LogP contribution in [0.1, 0.15) is 27.3 Å². The van der Waals surface area contributed by atoms with Crippen molar-refractivity contribution in [3.8, 4) is 17.6 Å². The predicted octanol–water partition coefficient (Wildman–Crippen LogP) is 1.77. The van der Waals surface area contributed by atoms with Crippen molar-refractivity contribution in [2.75, 3.05) is 13.7 Å². The molecule has 0 spiro atoms. The van der Waals surface area contributed by atoms with Gasteiger partial charge in [0.2, 0.25) is 0 Å². The zero-order valence-corrected chi connectivity index (χ0v) is 14.5. The van der Waals surface area contributed by atoms with E-state index in [0.717, 1.165) is 11.1 Å². The lowest BCUT2D eigenvalue weighted by atomic mass is 10.0. The Bertz CT molecular complexity index is 1070. The minimum absolute atomic E-state index is 0.189. The highest BCUT2D eigenvalue weighted by molar-refractivity contribution is 6.01. The van der Waals surface area contributed by atoms with Crippen molar-refractivity contribution in [1.82, 2.24) is 15.3 Å². The molecule has 0 unspecified atom stereocenters. The van der Waals surface area contributed by atoms with Crippen LogP contribution in [-0.2, 0) is 6.42 Å². The van der Waals surface area contributed by atoms with Crippen LogP contribution in [0.25, 0.3) is 10.9 Å². The van der Waals surface area contributed by atoms with Crippen molar-refractivity contribution >= 4 is 16.8 Å². The van der Waals surface area contributed by atoms with E-state index >= 15 is 0 Å². The van der Waals surface area contributed by atoms with Gasteiger partial charge in [0.15, 0.2) is 11.4 Å². The molecule has 7 heteroatoms. The smallest absolute Gasteiger partial charge is 0.273 e. The number of nitrogens with one attached hydrogen (secondary N) is 1. The fraction of sp³-hybridized carbons (Fsp3) is 0.150. The fourth-order valence-corrected chi connectivity index (χ4v) is 2.64. The minimum atomic E-state index is -0.571. The first-order valence-corrected chi connectivity index (χ1v) is 8.11. The first-order valence-electron chi connectivity index (χ1n) is 8.11. The molecule has 0 bridgehead atoms. The van der Waals surface area contributed by atoms with Crippen molar-refractivity contribution in [3.05, 3.63) is 64.9 Å². The number of aliphatic hydroxyl groups excluding tert-OH is 1. The lowest BCUT2D eigenvalue weighted by Gasteiger charge is -2.09. The van der Waals surface area contributed by atoms with Crippen molar-refractivity contribution in [3.63, 3.8) is 0 Å². The molecular formula is C20H16FN3O3. The van der Waals surface area contributed by atoms with E-state index < -0.39 is 5.91 Å². The first-order chi connectivity index (χ1) is 13.0. The molecule has 0 fully saturated rings. The molecule has 136 valence electrons. The third kappa shape index (κ3) is 3.86. The van der Waals surface area contributed by atoms with Crippen molar-refractivity contribution in [1.29, 1.82) is 0 Å². The summed E-state index contributed by atoms with van der Waals surface area (Å²) >= 11 is 0. The number of rotatable bonds is 3. The Morgan fingerprint density at radius 1 is 1.26 bits per heavy atom. The van der Waals surface area contributed by atoms with E-state index in [1.165, 1.54) is 19.2 Å². The molecular weight excluding hydrogens is 349 g/mol. The van der Waals surface area contributed by atoms with E-state index in [1.54, 1.807) is 24.4 Å². The third-order valence-electron chi connectivity index (χ3n) is 3.92. The maximum Gasteiger partial charge on any atom is 0.273 e. The summed E-state index contributed by atoms with van der Waals surface area (Å²) in [4.78, 5) is 20.3. The molecule has 2 aromatic heterocycles. The number of aromatic nitrogens is 2. The Hall–Kier alpha value is -3.50. The lowest BCUT2D eigenvalue weighted by molar-refractivity contribution is 0.0955. The molecule has 3 aromatic rings. The molecule has 0 aliphatic heterocycles. The number of pyridine rings is 2. The summed E-state index contributed by atoms with van der Waals surface area (Å²) in [7, 11) is 1.42. The van der Waals surface area contributed by atoms with Crippen LogP contribution in [0.4, 0.5) is 4.39 Å². The summed E-state index contributed by atoms with van der Waals surface area (Å²) < 4.78 is 13.1. The number of hydrogen-bond donors (Lipinski definition) is 3. The summed E-state index contributed by atoms with van der Waals surface area (Å²) in [6, 6.07) is 7.87. The quantitative estimate of drug-likeness (QED) is 0.615. The minimum Gasteiger partial charge on any atom is -0.504 e.